The fraction of sp³-hybridized carbons (Fsp3) is 0.440. The van der Waals surface area contributed by atoms with Crippen LogP contribution >= 0.6 is 11.3 Å². The van der Waals surface area contributed by atoms with Crippen LogP contribution in [0.15, 0.2) is 42.5 Å². The summed E-state index contributed by atoms with van der Waals surface area (Å²) < 4.78 is 8.57. The number of aromatic hydroxyl groups is 1. The van der Waals surface area contributed by atoms with Crippen molar-refractivity contribution in [1.82, 2.24) is 30.1 Å². The van der Waals surface area contributed by atoms with Gasteiger partial charge in [0.25, 0.3) is 0 Å². The van der Waals surface area contributed by atoms with Gasteiger partial charge >= 0.3 is 0 Å². The Morgan fingerprint density at radius 1 is 1.11 bits per heavy atom. The first-order chi connectivity index (χ1) is 16.9. The Hall–Kier alpha value is -3.24. The second-order valence-corrected chi connectivity index (χ2v) is 10.4. The largest absolute Gasteiger partial charge is 0.504 e. The van der Waals surface area contributed by atoms with Crippen molar-refractivity contribution in [3.05, 3.63) is 53.9 Å². The molecule has 1 N–H and O–H groups in total. The quantitative estimate of drug-likeness (QED) is 0.412. The molecule has 1 aliphatic rings. The number of aromatic nitrogens is 5. The highest BCUT2D eigenvalue weighted by atomic mass is 32.1. The molecular formula is C25H31N7O2S. The van der Waals surface area contributed by atoms with E-state index in [4.69, 9.17) is 9.72 Å². The van der Waals surface area contributed by atoms with Crippen LogP contribution in [-0.2, 0) is 5.54 Å². The highest BCUT2D eigenvalue weighted by Gasteiger charge is 2.35. The van der Waals surface area contributed by atoms with E-state index < -0.39 is 0 Å². The minimum atomic E-state index is -0.235. The van der Waals surface area contributed by atoms with Crippen LogP contribution in [-0.4, -0.2) is 68.5 Å². The topological polar surface area (TPSA) is 92.4 Å². The van der Waals surface area contributed by atoms with Crippen LogP contribution in [0.3, 0.4) is 0 Å². The highest BCUT2D eigenvalue weighted by molar-refractivity contribution is 7.22. The number of fused-ring (bicyclic) bond motifs is 1. The molecule has 10 heteroatoms. The maximum Gasteiger partial charge on any atom is 0.186 e. The number of hydrogen-bond acceptors (Lipinski definition) is 9. The summed E-state index contributed by atoms with van der Waals surface area (Å²) >= 11 is 1.74. The second kappa shape index (κ2) is 9.43. The van der Waals surface area contributed by atoms with Gasteiger partial charge in [0.15, 0.2) is 22.5 Å². The van der Waals surface area contributed by atoms with E-state index >= 15 is 0 Å². The number of anilines is 1. The summed E-state index contributed by atoms with van der Waals surface area (Å²) in [4.78, 5) is 9.61. The van der Waals surface area contributed by atoms with Gasteiger partial charge in [-0.15, -0.1) is 5.10 Å². The summed E-state index contributed by atoms with van der Waals surface area (Å²) in [5.41, 5.74) is 1.79. The van der Waals surface area contributed by atoms with E-state index in [1.807, 2.05) is 22.9 Å². The van der Waals surface area contributed by atoms with E-state index in [0.717, 1.165) is 54.6 Å². The van der Waals surface area contributed by atoms with Gasteiger partial charge < -0.3 is 14.7 Å². The lowest BCUT2D eigenvalue weighted by molar-refractivity contribution is 0.187. The van der Waals surface area contributed by atoms with Gasteiger partial charge in [-0.2, -0.15) is 0 Å². The van der Waals surface area contributed by atoms with Gasteiger partial charge in [0, 0.05) is 26.2 Å². The third-order valence-electron chi connectivity index (χ3n) is 6.93. The molecule has 0 bridgehead atoms. The molecule has 184 valence electrons. The molecule has 35 heavy (non-hydrogen) atoms. The summed E-state index contributed by atoms with van der Waals surface area (Å²) in [6.07, 6.45) is 0.891. The molecule has 0 aliphatic carbocycles. The Labute approximate surface area is 209 Å². The molecule has 0 saturated carbocycles. The molecule has 1 atom stereocenters. The molecule has 1 saturated heterocycles. The van der Waals surface area contributed by atoms with Gasteiger partial charge in [-0.1, -0.05) is 36.5 Å². The first-order valence-corrected chi connectivity index (χ1v) is 12.7. The van der Waals surface area contributed by atoms with E-state index in [0.29, 0.717) is 5.75 Å². The van der Waals surface area contributed by atoms with E-state index in [-0.39, 0.29) is 17.3 Å². The van der Waals surface area contributed by atoms with Gasteiger partial charge in [0.05, 0.1) is 28.9 Å². The first kappa shape index (κ1) is 23.5. The normalized spacial score (nSPS) is 16.1. The van der Waals surface area contributed by atoms with Crippen LogP contribution in [0.1, 0.15) is 44.6 Å². The number of phenols is 1. The van der Waals surface area contributed by atoms with Crippen molar-refractivity contribution in [2.75, 3.05) is 38.2 Å². The number of phenolic OH excluding ortho intramolecular Hbond substituents is 1. The number of thiazole rings is 1. The average Bonchev–Trinajstić information content (AvgIpc) is 3.53. The van der Waals surface area contributed by atoms with E-state index in [1.54, 1.807) is 24.5 Å². The summed E-state index contributed by atoms with van der Waals surface area (Å²) in [5, 5.41) is 24.2. The van der Waals surface area contributed by atoms with Gasteiger partial charge in [0.1, 0.15) is 0 Å². The lowest BCUT2D eigenvalue weighted by Crippen LogP contribution is -2.48. The molecule has 0 spiro atoms. The molecule has 2 aromatic heterocycles. The molecule has 4 aromatic rings. The van der Waals surface area contributed by atoms with Crippen molar-refractivity contribution in [3.8, 4) is 11.5 Å². The van der Waals surface area contributed by atoms with E-state index in [1.165, 1.54) is 4.70 Å². The van der Waals surface area contributed by atoms with Gasteiger partial charge in [-0.25, -0.2) is 9.67 Å². The number of nitrogens with zero attached hydrogens (tertiary/aromatic N) is 7. The Morgan fingerprint density at radius 2 is 1.89 bits per heavy atom. The highest BCUT2D eigenvalue weighted by Crippen LogP contribution is 2.37. The molecular weight excluding hydrogens is 462 g/mol. The molecule has 1 aliphatic heterocycles. The van der Waals surface area contributed by atoms with Crippen molar-refractivity contribution in [3.63, 3.8) is 0 Å². The minimum Gasteiger partial charge on any atom is -0.504 e. The number of rotatable bonds is 7. The number of piperazine rings is 1. The smallest absolute Gasteiger partial charge is 0.186 e. The van der Waals surface area contributed by atoms with Gasteiger partial charge in [-0.3, -0.25) is 4.90 Å². The van der Waals surface area contributed by atoms with Crippen molar-refractivity contribution in [2.45, 2.75) is 38.8 Å². The number of ether oxygens (including phenoxy) is 1. The van der Waals surface area contributed by atoms with E-state index in [2.05, 4.69) is 64.3 Å². The maximum absolute atomic E-state index is 10.2. The van der Waals surface area contributed by atoms with Crippen LogP contribution in [0.25, 0.3) is 10.2 Å². The predicted molar refractivity (Wildman–Crippen MR) is 137 cm³/mol. The molecule has 0 amide bonds. The average molecular weight is 494 g/mol. The molecule has 0 unspecified atom stereocenters. The Morgan fingerprint density at radius 3 is 2.60 bits per heavy atom. The molecule has 5 rings (SSSR count). The minimum absolute atomic E-state index is 0.115. The van der Waals surface area contributed by atoms with Crippen LogP contribution in [0.4, 0.5) is 5.13 Å². The molecule has 2 aromatic carbocycles. The monoisotopic (exact) mass is 493 g/mol. The van der Waals surface area contributed by atoms with Crippen LogP contribution in [0.2, 0.25) is 0 Å². The fourth-order valence-corrected chi connectivity index (χ4v) is 5.52. The summed E-state index contributed by atoms with van der Waals surface area (Å²) in [5.74, 6) is 1.34. The summed E-state index contributed by atoms with van der Waals surface area (Å²) in [6, 6.07) is 13.6. The fourth-order valence-electron chi connectivity index (χ4n) is 4.50. The number of tetrazole rings is 1. The SMILES string of the molecule is CCC(C)(C)n1nnnc1[C@@H](c1ccc(O)c(OC)c1)N1CCN(c2nc3ccccc3s2)CC1. The van der Waals surface area contributed by atoms with Crippen molar-refractivity contribution in [2.24, 2.45) is 0 Å². The zero-order valence-electron chi connectivity index (χ0n) is 20.5. The third-order valence-corrected chi connectivity index (χ3v) is 8.03. The van der Waals surface area contributed by atoms with Crippen LogP contribution in [0.5, 0.6) is 11.5 Å². The zero-order valence-corrected chi connectivity index (χ0v) is 21.4. The number of methoxy groups -OCH3 is 1. The van der Waals surface area contributed by atoms with Gasteiger partial charge in [-0.05, 0) is 60.5 Å². The molecule has 0 radical (unpaired) electrons. The van der Waals surface area contributed by atoms with Crippen LogP contribution < -0.4 is 9.64 Å². The molecule has 3 heterocycles. The third kappa shape index (κ3) is 4.43. The molecule has 1 fully saturated rings. The Bertz CT molecular complexity index is 1280. The maximum atomic E-state index is 10.2. The van der Waals surface area contributed by atoms with Crippen molar-refractivity contribution >= 4 is 26.7 Å². The lowest BCUT2D eigenvalue weighted by Gasteiger charge is -2.39. The zero-order chi connectivity index (χ0) is 24.6. The standard InChI is InChI=1S/C25H31N7O2S/c1-5-25(2,3)32-23(27-28-29-32)22(17-10-11-19(33)20(16-17)34-4)30-12-14-31(15-13-30)24-26-18-8-6-7-9-21(18)35-24/h6-11,16,22,33H,5,12-15H2,1-4H3/t22-/m1/s1. The Kier molecular flexibility index (Phi) is 6.33. The Balaban J connectivity index is 1.47. The first-order valence-electron chi connectivity index (χ1n) is 11.9. The van der Waals surface area contributed by atoms with E-state index in [9.17, 15) is 5.11 Å². The molecule has 9 nitrogen and oxygen atoms in total. The summed E-state index contributed by atoms with van der Waals surface area (Å²) in [6.45, 7) is 9.78. The predicted octanol–water partition coefficient (Wildman–Crippen LogP) is 4.05. The number of benzene rings is 2. The van der Waals surface area contributed by atoms with Crippen LogP contribution in [0, 0.1) is 0 Å². The second-order valence-electron chi connectivity index (χ2n) is 9.44. The van der Waals surface area contributed by atoms with Crippen molar-refractivity contribution in [1.29, 1.82) is 0 Å². The summed E-state index contributed by atoms with van der Waals surface area (Å²) in [7, 11) is 1.56. The lowest BCUT2D eigenvalue weighted by atomic mass is 9.98. The van der Waals surface area contributed by atoms with Crippen molar-refractivity contribution < 1.29 is 9.84 Å². The van der Waals surface area contributed by atoms with Gasteiger partial charge in [0.2, 0.25) is 0 Å². The number of para-hydroxylation sites is 1. The number of hydrogen-bond donors (Lipinski definition) is 1.